The van der Waals surface area contributed by atoms with Gasteiger partial charge in [-0.3, -0.25) is 9.59 Å². The molecule has 0 spiro atoms. The zero-order valence-electron chi connectivity index (χ0n) is 15.3. The molecule has 3 rings (SSSR count). The molecule has 0 aliphatic carbocycles. The largest absolute Gasteiger partial charge is 0.319 e. The first kappa shape index (κ1) is 20.0. The number of hydrogen-bond donors (Lipinski definition) is 1. The Morgan fingerprint density at radius 3 is 2.68 bits per heavy atom. The lowest BCUT2D eigenvalue weighted by atomic mass is 10.0. The maximum Gasteiger partial charge on any atom is 0.293 e. The van der Waals surface area contributed by atoms with Crippen molar-refractivity contribution in [2.45, 2.75) is 20.3 Å². The third-order valence-electron chi connectivity index (χ3n) is 4.26. The SMILES string of the molecule is CCc1cc(C=O)cc(C)c1NC(=O)c1nccc(-c2cc(Cl)ccc2Cl)n1. The van der Waals surface area contributed by atoms with E-state index in [4.69, 9.17) is 23.2 Å². The number of nitrogens with one attached hydrogen (secondary N) is 1. The van der Waals surface area contributed by atoms with Crippen LogP contribution in [0.1, 0.15) is 39.0 Å². The van der Waals surface area contributed by atoms with Gasteiger partial charge in [0, 0.05) is 28.0 Å². The van der Waals surface area contributed by atoms with Gasteiger partial charge < -0.3 is 5.32 Å². The fraction of sp³-hybridized carbons (Fsp3) is 0.143. The van der Waals surface area contributed by atoms with Crippen LogP contribution in [0.4, 0.5) is 5.69 Å². The molecule has 0 saturated heterocycles. The lowest BCUT2D eigenvalue weighted by molar-refractivity contribution is 0.101. The molecule has 0 fully saturated rings. The third-order valence-corrected chi connectivity index (χ3v) is 4.82. The number of amides is 1. The van der Waals surface area contributed by atoms with E-state index < -0.39 is 5.91 Å². The van der Waals surface area contributed by atoms with Crippen LogP contribution in [0, 0.1) is 6.92 Å². The summed E-state index contributed by atoms with van der Waals surface area (Å²) in [5, 5.41) is 3.85. The number of carbonyl (C=O) groups is 2. The second-order valence-corrected chi connectivity index (χ2v) is 7.03. The van der Waals surface area contributed by atoms with Gasteiger partial charge in [0.15, 0.2) is 0 Å². The number of aldehydes is 1. The molecule has 3 aromatic rings. The second kappa shape index (κ2) is 8.50. The van der Waals surface area contributed by atoms with Gasteiger partial charge in [-0.25, -0.2) is 9.97 Å². The predicted octanol–water partition coefficient (Wildman–Crippen LogP) is 5.39. The van der Waals surface area contributed by atoms with Crippen molar-refractivity contribution in [3.8, 4) is 11.3 Å². The van der Waals surface area contributed by atoms with E-state index in [0.29, 0.717) is 39.0 Å². The van der Waals surface area contributed by atoms with Gasteiger partial charge in [-0.1, -0.05) is 30.1 Å². The fourth-order valence-electron chi connectivity index (χ4n) is 2.90. The Labute approximate surface area is 172 Å². The van der Waals surface area contributed by atoms with Crippen LogP contribution >= 0.6 is 23.2 Å². The minimum atomic E-state index is -0.448. The monoisotopic (exact) mass is 413 g/mol. The van der Waals surface area contributed by atoms with Crippen LogP contribution in [0.3, 0.4) is 0 Å². The Morgan fingerprint density at radius 2 is 1.96 bits per heavy atom. The molecule has 2 aromatic carbocycles. The summed E-state index contributed by atoms with van der Waals surface area (Å²) < 4.78 is 0. The van der Waals surface area contributed by atoms with E-state index in [2.05, 4.69) is 15.3 Å². The van der Waals surface area contributed by atoms with Gasteiger partial charge in [-0.2, -0.15) is 0 Å². The molecule has 0 radical (unpaired) electrons. The van der Waals surface area contributed by atoms with Crippen molar-refractivity contribution in [2.24, 2.45) is 0 Å². The molecule has 0 atom stereocenters. The molecule has 0 aliphatic rings. The number of aryl methyl sites for hydroxylation is 2. The zero-order valence-corrected chi connectivity index (χ0v) is 16.8. The highest BCUT2D eigenvalue weighted by Gasteiger charge is 2.16. The van der Waals surface area contributed by atoms with E-state index in [9.17, 15) is 9.59 Å². The first-order chi connectivity index (χ1) is 13.4. The first-order valence-corrected chi connectivity index (χ1v) is 9.37. The van der Waals surface area contributed by atoms with Crippen molar-refractivity contribution in [3.63, 3.8) is 0 Å². The predicted molar refractivity (Wildman–Crippen MR) is 111 cm³/mol. The van der Waals surface area contributed by atoms with Gasteiger partial charge in [0.1, 0.15) is 6.29 Å². The minimum absolute atomic E-state index is 0.00876. The van der Waals surface area contributed by atoms with Crippen LogP contribution in [0.5, 0.6) is 0 Å². The lowest BCUT2D eigenvalue weighted by Crippen LogP contribution is -2.18. The molecule has 0 unspecified atom stereocenters. The number of halogens is 2. The number of carbonyl (C=O) groups excluding carboxylic acids is 2. The average Bonchev–Trinajstić information content (AvgIpc) is 2.71. The topological polar surface area (TPSA) is 72.0 Å². The number of benzene rings is 2. The highest BCUT2D eigenvalue weighted by atomic mass is 35.5. The maximum absolute atomic E-state index is 12.8. The number of aromatic nitrogens is 2. The van der Waals surface area contributed by atoms with Gasteiger partial charge in [0.25, 0.3) is 5.91 Å². The lowest BCUT2D eigenvalue weighted by Gasteiger charge is -2.14. The van der Waals surface area contributed by atoms with Gasteiger partial charge in [0.05, 0.1) is 10.7 Å². The summed E-state index contributed by atoms with van der Waals surface area (Å²) in [5.74, 6) is -0.439. The van der Waals surface area contributed by atoms with Crippen molar-refractivity contribution in [2.75, 3.05) is 5.32 Å². The third kappa shape index (κ3) is 4.21. The number of nitrogens with zero attached hydrogens (tertiary/aromatic N) is 2. The van der Waals surface area contributed by atoms with Gasteiger partial charge in [-0.15, -0.1) is 0 Å². The van der Waals surface area contributed by atoms with Gasteiger partial charge >= 0.3 is 0 Å². The number of rotatable bonds is 5. The van der Waals surface area contributed by atoms with Crippen LogP contribution in [0.25, 0.3) is 11.3 Å². The highest BCUT2D eigenvalue weighted by Crippen LogP contribution is 2.29. The summed E-state index contributed by atoms with van der Waals surface area (Å²) in [6, 6.07) is 10.2. The summed E-state index contributed by atoms with van der Waals surface area (Å²) in [6.45, 7) is 3.79. The van der Waals surface area contributed by atoms with Crippen LogP contribution in [-0.2, 0) is 6.42 Å². The Hall–Kier alpha value is -2.76. The molecule has 1 aromatic heterocycles. The first-order valence-electron chi connectivity index (χ1n) is 8.61. The average molecular weight is 414 g/mol. The Bertz CT molecular complexity index is 1070. The summed E-state index contributed by atoms with van der Waals surface area (Å²) >= 11 is 12.3. The van der Waals surface area contributed by atoms with Crippen LogP contribution in [-0.4, -0.2) is 22.2 Å². The van der Waals surface area contributed by atoms with Crippen LogP contribution in [0.15, 0.2) is 42.6 Å². The molecule has 1 amide bonds. The zero-order chi connectivity index (χ0) is 20.3. The summed E-state index contributed by atoms with van der Waals surface area (Å²) in [4.78, 5) is 32.3. The van der Waals surface area contributed by atoms with E-state index in [1.807, 2.05) is 13.8 Å². The summed E-state index contributed by atoms with van der Waals surface area (Å²) in [5.41, 5.74) is 4.00. The number of anilines is 1. The summed E-state index contributed by atoms with van der Waals surface area (Å²) in [7, 11) is 0. The molecule has 5 nitrogen and oxygen atoms in total. The Kier molecular flexibility index (Phi) is 6.07. The van der Waals surface area contributed by atoms with Gasteiger partial charge in [-0.05, 0) is 60.9 Å². The minimum Gasteiger partial charge on any atom is -0.319 e. The molecule has 1 heterocycles. The molecule has 142 valence electrons. The second-order valence-electron chi connectivity index (χ2n) is 6.19. The van der Waals surface area contributed by atoms with Crippen molar-refractivity contribution >= 4 is 41.1 Å². The molecule has 28 heavy (non-hydrogen) atoms. The normalized spacial score (nSPS) is 10.6. The van der Waals surface area contributed by atoms with Crippen molar-refractivity contribution in [1.82, 2.24) is 9.97 Å². The van der Waals surface area contributed by atoms with Gasteiger partial charge in [0.2, 0.25) is 5.82 Å². The Morgan fingerprint density at radius 1 is 1.18 bits per heavy atom. The Balaban J connectivity index is 1.95. The van der Waals surface area contributed by atoms with E-state index in [1.54, 1.807) is 36.4 Å². The molecule has 7 heteroatoms. The van der Waals surface area contributed by atoms with Crippen molar-refractivity contribution in [3.05, 3.63) is 75.2 Å². The fourth-order valence-corrected chi connectivity index (χ4v) is 3.28. The molecular weight excluding hydrogens is 397 g/mol. The van der Waals surface area contributed by atoms with Crippen molar-refractivity contribution < 1.29 is 9.59 Å². The smallest absolute Gasteiger partial charge is 0.293 e. The van der Waals surface area contributed by atoms with Crippen LogP contribution in [0.2, 0.25) is 10.0 Å². The number of hydrogen-bond acceptors (Lipinski definition) is 4. The molecule has 0 saturated carbocycles. The van der Waals surface area contributed by atoms with Crippen molar-refractivity contribution in [1.29, 1.82) is 0 Å². The maximum atomic E-state index is 12.8. The van der Waals surface area contributed by atoms with E-state index in [0.717, 1.165) is 17.4 Å². The molecular formula is C21H17Cl2N3O2. The summed E-state index contributed by atoms with van der Waals surface area (Å²) in [6.07, 6.45) is 2.95. The van der Waals surface area contributed by atoms with E-state index in [-0.39, 0.29) is 5.82 Å². The van der Waals surface area contributed by atoms with E-state index in [1.165, 1.54) is 6.20 Å². The molecule has 1 N–H and O–H groups in total. The van der Waals surface area contributed by atoms with Crippen LogP contribution < -0.4 is 5.32 Å². The quantitative estimate of drug-likeness (QED) is 0.569. The van der Waals surface area contributed by atoms with E-state index >= 15 is 0 Å². The molecule has 0 aliphatic heterocycles. The standard InChI is InChI=1S/C21H17Cl2N3O2/c1-3-14-9-13(11-27)8-12(2)19(14)26-21(28)20-24-7-6-18(25-20)16-10-15(22)4-5-17(16)23/h4-11H,3H2,1-2H3,(H,26,28). The molecule has 0 bridgehead atoms. The highest BCUT2D eigenvalue weighted by molar-refractivity contribution is 6.35.